The molecule has 0 amide bonds. The van der Waals surface area contributed by atoms with E-state index in [1.807, 2.05) is 43.3 Å². The summed E-state index contributed by atoms with van der Waals surface area (Å²) in [5, 5.41) is 0. The number of hydrogen-bond acceptors (Lipinski definition) is 4. The number of nitrogens with zero attached hydrogens (tertiary/aromatic N) is 1. The number of carbonyl (C=O) groups is 1. The highest BCUT2D eigenvalue weighted by molar-refractivity contribution is 5.66. The molecule has 35 heavy (non-hydrogen) atoms. The van der Waals surface area contributed by atoms with Crippen molar-refractivity contribution in [3.05, 3.63) is 119 Å². The number of hydrogen-bond donors (Lipinski definition) is 0. The third-order valence-corrected chi connectivity index (χ3v) is 6.54. The Labute approximate surface area is 207 Å². The molecule has 0 bridgehead atoms. The first kappa shape index (κ1) is 24.8. The minimum atomic E-state index is -0.955. The van der Waals surface area contributed by atoms with E-state index in [1.54, 1.807) is 12.1 Å². The van der Waals surface area contributed by atoms with Crippen LogP contribution in [0.25, 0.3) is 0 Å². The van der Waals surface area contributed by atoms with E-state index in [0.29, 0.717) is 13.2 Å². The van der Waals surface area contributed by atoms with Crippen LogP contribution in [0.1, 0.15) is 49.5 Å². The second kappa shape index (κ2) is 11.4. The van der Waals surface area contributed by atoms with Gasteiger partial charge in [0.05, 0.1) is 6.61 Å². The normalized spacial score (nSPS) is 15.9. The first-order valence-electron chi connectivity index (χ1n) is 12.1. The molecule has 1 unspecified atom stereocenters. The van der Waals surface area contributed by atoms with Crippen molar-refractivity contribution < 1.29 is 18.7 Å². The lowest BCUT2D eigenvalue weighted by Gasteiger charge is -2.42. The molecule has 4 nitrogen and oxygen atoms in total. The van der Waals surface area contributed by atoms with Gasteiger partial charge in [-0.15, -0.1) is 0 Å². The van der Waals surface area contributed by atoms with E-state index in [9.17, 15) is 9.18 Å². The second-order valence-electron chi connectivity index (χ2n) is 8.96. The van der Waals surface area contributed by atoms with Crippen molar-refractivity contribution in [1.82, 2.24) is 4.90 Å². The van der Waals surface area contributed by atoms with E-state index in [0.717, 1.165) is 36.1 Å². The van der Waals surface area contributed by atoms with Crippen LogP contribution in [0.5, 0.6) is 0 Å². The van der Waals surface area contributed by atoms with Gasteiger partial charge in [0.25, 0.3) is 0 Å². The molecule has 0 N–H and O–H groups in total. The van der Waals surface area contributed by atoms with Gasteiger partial charge in [-0.2, -0.15) is 0 Å². The smallest absolute Gasteiger partial charge is 0.304 e. The molecule has 4 rings (SSSR count). The van der Waals surface area contributed by atoms with Crippen LogP contribution < -0.4 is 0 Å². The lowest BCUT2D eigenvalue weighted by Crippen LogP contribution is -2.48. The average molecular weight is 474 g/mol. The summed E-state index contributed by atoms with van der Waals surface area (Å²) < 4.78 is 25.6. The topological polar surface area (TPSA) is 38.8 Å². The Morgan fingerprint density at radius 3 is 2.09 bits per heavy atom. The molecule has 0 aliphatic carbocycles. The summed E-state index contributed by atoms with van der Waals surface area (Å²) in [5.41, 5.74) is 3.40. The fourth-order valence-electron chi connectivity index (χ4n) is 4.62. The van der Waals surface area contributed by atoms with Crippen LogP contribution in [0.3, 0.4) is 0 Å². The van der Waals surface area contributed by atoms with E-state index in [-0.39, 0.29) is 17.9 Å². The minimum absolute atomic E-state index is 0.108. The van der Waals surface area contributed by atoms with Gasteiger partial charge in [-0.1, -0.05) is 84.4 Å². The molecule has 0 aromatic heterocycles. The fourth-order valence-corrected chi connectivity index (χ4v) is 4.62. The van der Waals surface area contributed by atoms with Gasteiger partial charge in [-0.05, 0) is 43.0 Å². The Hall–Kier alpha value is -3.28. The summed E-state index contributed by atoms with van der Waals surface area (Å²) in [6, 6.07) is 26.7. The van der Waals surface area contributed by atoms with Crippen molar-refractivity contribution in [3.63, 3.8) is 0 Å². The number of halogens is 1. The average Bonchev–Trinajstić information content (AvgIpc) is 2.88. The van der Waals surface area contributed by atoms with Crippen molar-refractivity contribution in [1.29, 1.82) is 0 Å². The Kier molecular flexibility index (Phi) is 8.11. The van der Waals surface area contributed by atoms with E-state index >= 15 is 0 Å². The van der Waals surface area contributed by atoms with Crippen LogP contribution in [0, 0.1) is 5.82 Å². The molecule has 3 aromatic carbocycles. The molecule has 0 saturated carbocycles. The highest BCUT2D eigenvalue weighted by atomic mass is 19.1. The van der Waals surface area contributed by atoms with Crippen molar-refractivity contribution in [2.24, 2.45) is 0 Å². The number of ether oxygens (including phenoxy) is 2. The monoisotopic (exact) mass is 473 g/mol. The predicted molar refractivity (Wildman–Crippen MR) is 135 cm³/mol. The van der Waals surface area contributed by atoms with Gasteiger partial charge >= 0.3 is 5.97 Å². The van der Waals surface area contributed by atoms with Gasteiger partial charge in [0.2, 0.25) is 0 Å². The molecule has 0 radical (unpaired) electrons. The van der Waals surface area contributed by atoms with Crippen molar-refractivity contribution >= 4 is 5.97 Å². The molecule has 0 saturated heterocycles. The maximum absolute atomic E-state index is 13.5. The summed E-state index contributed by atoms with van der Waals surface area (Å²) in [7, 11) is 0. The van der Waals surface area contributed by atoms with Crippen LogP contribution >= 0.6 is 0 Å². The number of benzene rings is 3. The maximum Gasteiger partial charge on any atom is 0.304 e. The Morgan fingerprint density at radius 1 is 0.971 bits per heavy atom. The highest BCUT2D eigenvalue weighted by Crippen LogP contribution is 2.33. The van der Waals surface area contributed by atoms with Crippen LogP contribution in [0.2, 0.25) is 0 Å². The first-order chi connectivity index (χ1) is 17.0. The second-order valence-corrected chi connectivity index (χ2v) is 8.96. The van der Waals surface area contributed by atoms with Crippen molar-refractivity contribution in [3.8, 4) is 0 Å². The van der Waals surface area contributed by atoms with E-state index in [1.165, 1.54) is 24.6 Å². The third-order valence-electron chi connectivity index (χ3n) is 6.54. The Balaban J connectivity index is 1.41. The van der Waals surface area contributed by atoms with Crippen LogP contribution in [-0.4, -0.2) is 30.6 Å². The van der Waals surface area contributed by atoms with Crippen LogP contribution in [-0.2, 0) is 20.0 Å². The summed E-state index contributed by atoms with van der Waals surface area (Å²) >= 11 is 0. The summed E-state index contributed by atoms with van der Waals surface area (Å²) in [4.78, 5) is 14.0. The number of carbonyl (C=O) groups excluding carboxylic acids is 1. The molecule has 1 aliphatic rings. The molecular formula is C30H32FNO3. The van der Waals surface area contributed by atoms with Crippen LogP contribution in [0.4, 0.5) is 4.39 Å². The summed E-state index contributed by atoms with van der Waals surface area (Å²) in [6.45, 7) is 5.25. The van der Waals surface area contributed by atoms with E-state index in [2.05, 4.69) is 35.2 Å². The minimum Gasteiger partial charge on any atom is -0.440 e. The molecule has 1 aliphatic heterocycles. The number of rotatable bonds is 9. The zero-order chi connectivity index (χ0) is 24.7. The summed E-state index contributed by atoms with van der Waals surface area (Å²) in [5.74, 6) is -0.683. The van der Waals surface area contributed by atoms with Gasteiger partial charge in [-0.25, -0.2) is 4.39 Å². The van der Waals surface area contributed by atoms with Gasteiger partial charge in [0.15, 0.2) is 5.72 Å². The Morgan fingerprint density at radius 2 is 1.57 bits per heavy atom. The van der Waals surface area contributed by atoms with Crippen molar-refractivity contribution in [2.75, 3.05) is 19.7 Å². The van der Waals surface area contributed by atoms with Crippen molar-refractivity contribution in [2.45, 2.75) is 38.5 Å². The maximum atomic E-state index is 13.5. The highest BCUT2D eigenvalue weighted by Gasteiger charge is 2.37. The quantitative estimate of drug-likeness (QED) is 0.267. The summed E-state index contributed by atoms with van der Waals surface area (Å²) in [6.07, 6.45) is 3.77. The molecule has 0 fully saturated rings. The Bertz CT molecular complexity index is 1090. The first-order valence-corrected chi connectivity index (χ1v) is 12.1. The molecule has 5 heteroatoms. The van der Waals surface area contributed by atoms with Gasteiger partial charge in [0.1, 0.15) is 11.9 Å². The fraction of sp³-hybridized carbons (Fsp3) is 0.300. The molecular weight excluding hydrogens is 441 g/mol. The van der Waals surface area contributed by atoms with E-state index < -0.39 is 5.72 Å². The van der Waals surface area contributed by atoms with Gasteiger partial charge in [0, 0.05) is 25.6 Å². The van der Waals surface area contributed by atoms with Gasteiger partial charge < -0.3 is 9.47 Å². The molecule has 0 spiro atoms. The van der Waals surface area contributed by atoms with Crippen LogP contribution in [0.15, 0.2) is 96.6 Å². The predicted octanol–water partition coefficient (Wildman–Crippen LogP) is 6.39. The lowest BCUT2D eigenvalue weighted by atomic mass is 9.97. The molecule has 3 aromatic rings. The molecule has 1 heterocycles. The standard InChI is InChI=1S/C30H32FNO3/c1-23(33)35-30(2,27-13-15-28(31)16-14-27)32-20-17-24(18-21-32)19-22-34-29(25-9-5-3-6-10-25)26-11-7-4-8-12-26/h3-17,29H,18-22H2,1-2H3. The zero-order valence-electron chi connectivity index (χ0n) is 20.3. The molecule has 1 atom stereocenters. The third kappa shape index (κ3) is 6.24. The lowest BCUT2D eigenvalue weighted by molar-refractivity contribution is -0.181. The van der Waals surface area contributed by atoms with E-state index in [4.69, 9.17) is 9.47 Å². The number of esters is 1. The zero-order valence-corrected chi connectivity index (χ0v) is 20.3. The van der Waals surface area contributed by atoms with Gasteiger partial charge in [-0.3, -0.25) is 9.69 Å². The largest absolute Gasteiger partial charge is 0.440 e. The SMILES string of the molecule is CC(=O)OC(C)(c1ccc(F)cc1)N1CC=C(CCOC(c2ccccc2)c2ccccc2)CC1. The molecule has 182 valence electrons.